The lowest BCUT2D eigenvalue weighted by atomic mass is 10.0. The third-order valence-electron chi connectivity index (χ3n) is 4.33. The lowest BCUT2D eigenvalue weighted by Gasteiger charge is -2.11. The first-order valence-electron chi connectivity index (χ1n) is 6.63. The summed E-state index contributed by atoms with van der Waals surface area (Å²) in [5.74, 6) is 2.51. The Morgan fingerprint density at radius 1 is 1.20 bits per heavy atom. The molecule has 0 aromatic rings. The van der Waals surface area contributed by atoms with Crippen LogP contribution in [0.5, 0.6) is 0 Å². The lowest BCUT2D eigenvalue weighted by molar-refractivity contribution is 0.123. The summed E-state index contributed by atoms with van der Waals surface area (Å²) in [5, 5.41) is 10.0. The zero-order valence-corrected chi connectivity index (χ0v) is 9.70. The predicted octanol–water partition coefficient (Wildman–Crippen LogP) is 3.53. The minimum atomic E-state index is 0.0176. The summed E-state index contributed by atoms with van der Waals surface area (Å²) in [6.07, 6.45) is 12.1. The van der Waals surface area contributed by atoms with Gasteiger partial charge in [0.05, 0.1) is 6.10 Å². The van der Waals surface area contributed by atoms with Crippen LogP contribution in [0.4, 0.5) is 0 Å². The quantitative estimate of drug-likeness (QED) is 0.501. The van der Waals surface area contributed by atoms with Crippen molar-refractivity contribution in [3.63, 3.8) is 0 Å². The summed E-state index contributed by atoms with van der Waals surface area (Å²) >= 11 is 0. The monoisotopic (exact) mass is 208 g/mol. The van der Waals surface area contributed by atoms with E-state index in [0.29, 0.717) is 5.92 Å². The third kappa shape index (κ3) is 2.63. The molecule has 0 aromatic carbocycles. The first-order valence-corrected chi connectivity index (χ1v) is 6.63. The Morgan fingerprint density at radius 2 is 1.93 bits per heavy atom. The van der Waals surface area contributed by atoms with Gasteiger partial charge in [0.15, 0.2) is 0 Å². The minimum absolute atomic E-state index is 0.0176. The van der Waals surface area contributed by atoms with E-state index in [2.05, 4.69) is 6.58 Å². The molecule has 0 spiro atoms. The Balaban J connectivity index is 1.54. The average molecular weight is 208 g/mol. The molecule has 0 amide bonds. The Kier molecular flexibility index (Phi) is 3.85. The number of rotatable bonds is 7. The molecule has 0 aromatic heterocycles. The highest BCUT2D eigenvalue weighted by atomic mass is 16.3. The van der Waals surface area contributed by atoms with E-state index in [9.17, 15) is 5.11 Å². The molecule has 0 heterocycles. The van der Waals surface area contributed by atoms with Gasteiger partial charge in [0, 0.05) is 0 Å². The molecule has 3 atom stereocenters. The highest BCUT2D eigenvalue weighted by molar-refractivity contribution is 5.03. The minimum Gasteiger partial charge on any atom is -0.393 e. The van der Waals surface area contributed by atoms with Crippen molar-refractivity contribution in [3.8, 4) is 0 Å². The van der Waals surface area contributed by atoms with Crippen LogP contribution in [0.3, 0.4) is 0 Å². The second-order valence-electron chi connectivity index (χ2n) is 5.33. The number of aliphatic hydroxyl groups is 1. The lowest BCUT2D eigenvalue weighted by Crippen LogP contribution is -2.12. The van der Waals surface area contributed by atoms with E-state index in [1.807, 2.05) is 6.08 Å². The van der Waals surface area contributed by atoms with Crippen LogP contribution in [0.2, 0.25) is 0 Å². The Labute approximate surface area is 93.6 Å². The van der Waals surface area contributed by atoms with E-state index in [-0.39, 0.29) is 6.10 Å². The molecule has 2 aliphatic carbocycles. The molecule has 2 aliphatic rings. The van der Waals surface area contributed by atoms with Crippen LogP contribution in [-0.4, -0.2) is 11.2 Å². The van der Waals surface area contributed by atoms with Crippen molar-refractivity contribution in [2.24, 2.45) is 17.8 Å². The number of hydrogen-bond donors (Lipinski definition) is 1. The molecule has 86 valence electrons. The molecule has 1 nitrogen and oxygen atoms in total. The topological polar surface area (TPSA) is 20.2 Å². The number of unbranched alkanes of at least 4 members (excludes halogenated alkanes) is 3. The van der Waals surface area contributed by atoms with Crippen LogP contribution < -0.4 is 0 Å². The van der Waals surface area contributed by atoms with Crippen molar-refractivity contribution in [3.05, 3.63) is 12.7 Å². The summed E-state index contributed by atoms with van der Waals surface area (Å²) in [6, 6.07) is 0. The van der Waals surface area contributed by atoms with Crippen LogP contribution in [0.1, 0.15) is 51.4 Å². The molecular weight excluding hydrogens is 184 g/mol. The summed E-state index contributed by atoms with van der Waals surface area (Å²) in [7, 11) is 0. The first-order chi connectivity index (χ1) is 7.34. The van der Waals surface area contributed by atoms with E-state index in [1.54, 1.807) is 0 Å². The molecule has 2 fully saturated rings. The first kappa shape index (κ1) is 11.2. The van der Waals surface area contributed by atoms with Crippen molar-refractivity contribution < 1.29 is 5.11 Å². The number of allylic oxidation sites excluding steroid dienone is 1. The molecule has 2 rings (SSSR count). The van der Waals surface area contributed by atoms with Gasteiger partial charge in [-0.15, -0.1) is 6.58 Å². The van der Waals surface area contributed by atoms with E-state index in [4.69, 9.17) is 0 Å². The SMILES string of the molecule is C=CCCCCCC(O)C1C2CCCC21. The fourth-order valence-corrected chi connectivity index (χ4v) is 3.46. The van der Waals surface area contributed by atoms with Gasteiger partial charge in [0.2, 0.25) is 0 Å². The van der Waals surface area contributed by atoms with Crippen molar-refractivity contribution in [1.82, 2.24) is 0 Å². The van der Waals surface area contributed by atoms with Gasteiger partial charge in [0.1, 0.15) is 0 Å². The van der Waals surface area contributed by atoms with Gasteiger partial charge in [-0.25, -0.2) is 0 Å². The standard InChI is InChI=1S/C14H24O/c1-2-3-4-5-6-10-13(15)14-11-8-7-9-12(11)14/h2,11-15H,1,3-10H2. The van der Waals surface area contributed by atoms with Gasteiger partial charge in [-0.1, -0.05) is 25.3 Å². The van der Waals surface area contributed by atoms with E-state index in [0.717, 1.165) is 24.7 Å². The number of hydrogen-bond acceptors (Lipinski definition) is 1. The predicted molar refractivity (Wildman–Crippen MR) is 63.6 cm³/mol. The molecule has 3 unspecified atom stereocenters. The highest BCUT2D eigenvalue weighted by Crippen LogP contribution is 2.59. The number of fused-ring (bicyclic) bond motifs is 1. The summed E-state index contributed by atoms with van der Waals surface area (Å²) in [5.41, 5.74) is 0. The summed E-state index contributed by atoms with van der Waals surface area (Å²) in [6.45, 7) is 3.72. The normalized spacial score (nSPS) is 34.9. The Morgan fingerprint density at radius 3 is 2.60 bits per heavy atom. The van der Waals surface area contributed by atoms with Gasteiger partial charge in [-0.3, -0.25) is 0 Å². The molecule has 0 bridgehead atoms. The maximum absolute atomic E-state index is 10.0. The third-order valence-corrected chi connectivity index (χ3v) is 4.33. The zero-order chi connectivity index (χ0) is 10.7. The Hall–Kier alpha value is -0.300. The molecule has 0 aliphatic heterocycles. The fraction of sp³-hybridized carbons (Fsp3) is 0.857. The van der Waals surface area contributed by atoms with Gasteiger partial charge in [-0.2, -0.15) is 0 Å². The molecular formula is C14H24O. The molecule has 15 heavy (non-hydrogen) atoms. The molecule has 2 saturated carbocycles. The maximum atomic E-state index is 10.0. The van der Waals surface area contributed by atoms with Gasteiger partial charge >= 0.3 is 0 Å². The fourth-order valence-electron chi connectivity index (χ4n) is 3.46. The van der Waals surface area contributed by atoms with Crippen LogP contribution in [0.25, 0.3) is 0 Å². The molecule has 0 radical (unpaired) electrons. The van der Waals surface area contributed by atoms with Crippen molar-refractivity contribution in [1.29, 1.82) is 0 Å². The van der Waals surface area contributed by atoms with E-state index in [1.165, 1.54) is 38.5 Å². The molecule has 1 N–H and O–H groups in total. The van der Waals surface area contributed by atoms with Crippen LogP contribution in [-0.2, 0) is 0 Å². The zero-order valence-electron chi connectivity index (χ0n) is 9.70. The largest absolute Gasteiger partial charge is 0.393 e. The summed E-state index contributed by atoms with van der Waals surface area (Å²) in [4.78, 5) is 0. The molecule has 0 saturated heterocycles. The number of aliphatic hydroxyl groups excluding tert-OH is 1. The average Bonchev–Trinajstić information content (AvgIpc) is 2.72. The Bertz CT molecular complexity index is 201. The van der Waals surface area contributed by atoms with Crippen molar-refractivity contribution in [2.75, 3.05) is 0 Å². The second kappa shape index (κ2) is 5.16. The maximum Gasteiger partial charge on any atom is 0.0573 e. The van der Waals surface area contributed by atoms with Gasteiger partial charge < -0.3 is 5.11 Å². The highest BCUT2D eigenvalue weighted by Gasteiger charge is 2.55. The van der Waals surface area contributed by atoms with Gasteiger partial charge in [-0.05, 0) is 49.9 Å². The van der Waals surface area contributed by atoms with Crippen LogP contribution in [0.15, 0.2) is 12.7 Å². The van der Waals surface area contributed by atoms with Crippen molar-refractivity contribution >= 4 is 0 Å². The summed E-state index contributed by atoms with van der Waals surface area (Å²) < 4.78 is 0. The van der Waals surface area contributed by atoms with Crippen molar-refractivity contribution in [2.45, 2.75) is 57.5 Å². The van der Waals surface area contributed by atoms with E-state index < -0.39 is 0 Å². The molecule has 1 heteroatoms. The second-order valence-corrected chi connectivity index (χ2v) is 5.33. The van der Waals surface area contributed by atoms with E-state index >= 15 is 0 Å². The van der Waals surface area contributed by atoms with Gasteiger partial charge in [0.25, 0.3) is 0 Å². The smallest absolute Gasteiger partial charge is 0.0573 e. The van der Waals surface area contributed by atoms with Crippen LogP contribution >= 0.6 is 0 Å². The van der Waals surface area contributed by atoms with Crippen LogP contribution in [0, 0.1) is 17.8 Å².